The molecule has 5 nitrogen and oxygen atoms in total. The maximum atomic E-state index is 14.6. The zero-order valence-corrected chi connectivity index (χ0v) is 18.8. The second-order valence-corrected chi connectivity index (χ2v) is 8.17. The highest BCUT2D eigenvalue weighted by atomic mass is 19.1. The smallest absolute Gasteiger partial charge is 0.258 e. The number of amides is 1. The Hall–Kier alpha value is -4.52. The zero-order valence-electron chi connectivity index (χ0n) is 18.8. The maximum Gasteiger partial charge on any atom is 0.258 e. The van der Waals surface area contributed by atoms with Gasteiger partial charge in [0.15, 0.2) is 0 Å². The standard InChI is InChI=1S/C28H22F2N4O/c1-17-26(27(25-12-6-7-15-31-25)34-24-11-5-4-10-22(24)30)20-16-18(13-14-23(20)32-17)33-28(35)19-8-2-3-9-21(19)29/h2-16,27,32,34H,1H3,(H,33,35)/t27-/m0/s1. The van der Waals surface area contributed by atoms with E-state index in [1.165, 1.54) is 24.3 Å². The summed E-state index contributed by atoms with van der Waals surface area (Å²) in [7, 11) is 0. The number of halogens is 2. The van der Waals surface area contributed by atoms with E-state index in [1.54, 1.807) is 36.5 Å². The molecule has 0 spiro atoms. The molecule has 0 saturated heterocycles. The van der Waals surface area contributed by atoms with E-state index in [0.29, 0.717) is 17.1 Å². The van der Waals surface area contributed by atoms with E-state index in [0.717, 1.165) is 22.2 Å². The van der Waals surface area contributed by atoms with Crippen LogP contribution in [0, 0.1) is 18.6 Å². The van der Waals surface area contributed by atoms with Crippen molar-refractivity contribution in [1.82, 2.24) is 9.97 Å². The second kappa shape index (κ2) is 9.38. The lowest BCUT2D eigenvalue weighted by molar-refractivity contribution is 0.102. The number of carbonyl (C=O) groups excluding carboxylic acids is 1. The topological polar surface area (TPSA) is 69.8 Å². The number of pyridine rings is 1. The maximum absolute atomic E-state index is 14.6. The predicted molar refractivity (Wildman–Crippen MR) is 133 cm³/mol. The summed E-state index contributed by atoms with van der Waals surface area (Å²) in [5.74, 6) is -1.50. The van der Waals surface area contributed by atoms with Crippen LogP contribution in [-0.4, -0.2) is 15.9 Å². The summed E-state index contributed by atoms with van der Waals surface area (Å²) in [6.07, 6.45) is 1.69. The molecule has 174 valence electrons. The molecule has 0 aliphatic rings. The van der Waals surface area contributed by atoms with Gasteiger partial charge in [-0.3, -0.25) is 9.78 Å². The molecule has 2 heterocycles. The average molecular weight is 469 g/mol. The Morgan fingerprint density at radius 1 is 0.914 bits per heavy atom. The van der Waals surface area contributed by atoms with Gasteiger partial charge in [0.05, 0.1) is 23.0 Å². The van der Waals surface area contributed by atoms with E-state index in [4.69, 9.17) is 0 Å². The van der Waals surface area contributed by atoms with Crippen molar-refractivity contribution in [2.24, 2.45) is 0 Å². The summed E-state index contributed by atoms with van der Waals surface area (Å²) in [5.41, 5.74) is 4.11. The summed E-state index contributed by atoms with van der Waals surface area (Å²) >= 11 is 0. The largest absolute Gasteiger partial charge is 0.370 e. The molecule has 0 saturated carbocycles. The Bertz CT molecular complexity index is 1510. The summed E-state index contributed by atoms with van der Waals surface area (Å²) in [6, 6.07) is 22.8. The fourth-order valence-corrected chi connectivity index (χ4v) is 4.22. The number of rotatable bonds is 6. The average Bonchev–Trinajstić information content (AvgIpc) is 3.19. The van der Waals surface area contributed by atoms with Gasteiger partial charge in [0.25, 0.3) is 5.91 Å². The van der Waals surface area contributed by atoms with Crippen LogP contribution in [0.5, 0.6) is 0 Å². The number of fused-ring (bicyclic) bond motifs is 1. The number of anilines is 2. The van der Waals surface area contributed by atoms with Crippen molar-refractivity contribution in [3.63, 3.8) is 0 Å². The number of aromatic amines is 1. The highest BCUT2D eigenvalue weighted by Crippen LogP contribution is 2.35. The molecule has 7 heteroatoms. The molecule has 3 N–H and O–H groups in total. The number of benzene rings is 3. The number of H-pyrrole nitrogens is 1. The highest BCUT2D eigenvalue weighted by Gasteiger charge is 2.23. The van der Waals surface area contributed by atoms with Crippen molar-refractivity contribution in [2.45, 2.75) is 13.0 Å². The van der Waals surface area contributed by atoms with Crippen molar-refractivity contribution in [3.8, 4) is 0 Å². The minimum absolute atomic E-state index is 0.0364. The van der Waals surface area contributed by atoms with E-state index in [1.807, 2.05) is 37.3 Å². The molecule has 0 bridgehead atoms. The molecule has 1 atom stereocenters. The Labute approximate surface area is 200 Å². The molecule has 2 aromatic heterocycles. The van der Waals surface area contributed by atoms with Crippen LogP contribution >= 0.6 is 0 Å². The third-order valence-corrected chi connectivity index (χ3v) is 5.86. The van der Waals surface area contributed by atoms with E-state index in [2.05, 4.69) is 20.6 Å². The molecule has 35 heavy (non-hydrogen) atoms. The zero-order chi connectivity index (χ0) is 24.4. The molecule has 0 fully saturated rings. The molecule has 5 rings (SSSR count). The third kappa shape index (κ3) is 4.48. The minimum atomic E-state index is -0.589. The van der Waals surface area contributed by atoms with Crippen LogP contribution < -0.4 is 10.6 Å². The second-order valence-electron chi connectivity index (χ2n) is 8.17. The molecule has 0 aliphatic carbocycles. The van der Waals surface area contributed by atoms with Crippen LogP contribution in [0.3, 0.4) is 0 Å². The van der Waals surface area contributed by atoms with E-state index in [-0.39, 0.29) is 11.4 Å². The first-order chi connectivity index (χ1) is 17.0. The molecule has 3 aromatic carbocycles. The van der Waals surface area contributed by atoms with Crippen LogP contribution in [0.4, 0.5) is 20.2 Å². The lowest BCUT2D eigenvalue weighted by atomic mass is 9.98. The summed E-state index contributed by atoms with van der Waals surface area (Å²) in [4.78, 5) is 20.6. The third-order valence-electron chi connectivity index (χ3n) is 5.86. The first-order valence-corrected chi connectivity index (χ1v) is 11.1. The monoisotopic (exact) mass is 468 g/mol. The van der Waals surface area contributed by atoms with Crippen LogP contribution in [-0.2, 0) is 0 Å². The van der Waals surface area contributed by atoms with Gasteiger partial charge in [0.1, 0.15) is 11.6 Å². The van der Waals surface area contributed by atoms with Gasteiger partial charge in [-0.25, -0.2) is 8.78 Å². The number of nitrogens with zero attached hydrogens (tertiary/aromatic N) is 1. The molecule has 0 unspecified atom stereocenters. The summed E-state index contributed by atoms with van der Waals surface area (Å²) in [6.45, 7) is 1.94. The van der Waals surface area contributed by atoms with Crippen molar-refractivity contribution < 1.29 is 13.6 Å². The molecule has 1 amide bonds. The number of nitrogens with one attached hydrogen (secondary N) is 3. The lowest BCUT2D eigenvalue weighted by Gasteiger charge is -2.21. The molecular formula is C28H22F2N4O. The predicted octanol–water partition coefficient (Wildman–Crippen LogP) is 6.60. The van der Waals surface area contributed by atoms with Crippen molar-refractivity contribution in [2.75, 3.05) is 10.6 Å². The number of aryl methyl sites for hydroxylation is 1. The Morgan fingerprint density at radius 3 is 2.40 bits per heavy atom. The molecule has 0 aliphatic heterocycles. The normalized spacial score (nSPS) is 11.9. The first-order valence-electron chi connectivity index (χ1n) is 11.1. The van der Waals surface area contributed by atoms with Gasteiger partial charge in [-0.15, -0.1) is 0 Å². The number of aromatic nitrogens is 2. The van der Waals surface area contributed by atoms with E-state index in [9.17, 15) is 13.6 Å². The van der Waals surface area contributed by atoms with E-state index >= 15 is 0 Å². The number of para-hydroxylation sites is 1. The van der Waals surface area contributed by atoms with Gasteiger partial charge < -0.3 is 15.6 Å². The van der Waals surface area contributed by atoms with Gasteiger partial charge in [0.2, 0.25) is 0 Å². The SMILES string of the molecule is Cc1[nH]c2ccc(NC(=O)c3ccccc3F)cc2c1[C@@H](Nc1ccccc1F)c1ccccn1. The molecular weight excluding hydrogens is 446 g/mol. The minimum Gasteiger partial charge on any atom is -0.370 e. The fraction of sp³-hybridized carbons (Fsp3) is 0.0714. The van der Waals surface area contributed by atoms with Gasteiger partial charge in [-0.2, -0.15) is 0 Å². The Kier molecular flexibility index (Phi) is 5.97. The van der Waals surface area contributed by atoms with E-state index < -0.39 is 17.8 Å². The van der Waals surface area contributed by atoms with Gasteiger partial charge in [-0.05, 0) is 61.5 Å². The van der Waals surface area contributed by atoms with Crippen LogP contribution in [0.1, 0.15) is 33.4 Å². The fourth-order valence-electron chi connectivity index (χ4n) is 4.22. The quantitative estimate of drug-likeness (QED) is 0.263. The molecule has 5 aromatic rings. The van der Waals surface area contributed by atoms with Gasteiger partial charge >= 0.3 is 0 Å². The molecule has 0 radical (unpaired) electrons. The summed E-state index contributed by atoms with van der Waals surface area (Å²) in [5, 5.41) is 6.90. The van der Waals surface area contributed by atoms with Crippen molar-refractivity contribution >= 4 is 28.2 Å². The van der Waals surface area contributed by atoms with Crippen LogP contribution in [0.25, 0.3) is 10.9 Å². The number of hydrogen-bond acceptors (Lipinski definition) is 3. The van der Waals surface area contributed by atoms with Crippen LogP contribution in [0.2, 0.25) is 0 Å². The van der Waals surface area contributed by atoms with Gasteiger partial charge in [-0.1, -0.05) is 30.3 Å². The highest BCUT2D eigenvalue weighted by molar-refractivity contribution is 6.05. The number of hydrogen-bond donors (Lipinski definition) is 3. The Morgan fingerprint density at radius 2 is 1.66 bits per heavy atom. The first kappa shape index (κ1) is 22.3. The lowest BCUT2D eigenvalue weighted by Crippen LogP contribution is -2.16. The van der Waals surface area contributed by atoms with Crippen LogP contribution in [0.15, 0.2) is 91.1 Å². The number of carbonyl (C=O) groups is 1. The van der Waals surface area contributed by atoms with Crippen molar-refractivity contribution in [3.05, 3.63) is 125 Å². The van der Waals surface area contributed by atoms with Crippen molar-refractivity contribution in [1.29, 1.82) is 0 Å². The Balaban J connectivity index is 1.58. The van der Waals surface area contributed by atoms with Gasteiger partial charge in [0, 0.05) is 34.0 Å². The summed E-state index contributed by atoms with van der Waals surface area (Å²) < 4.78 is 28.6.